The van der Waals surface area contributed by atoms with Gasteiger partial charge >= 0.3 is 0 Å². The van der Waals surface area contributed by atoms with Gasteiger partial charge in [-0.1, -0.05) is 35.5 Å². The van der Waals surface area contributed by atoms with E-state index in [1.807, 2.05) is 12.1 Å². The van der Waals surface area contributed by atoms with Gasteiger partial charge in [0.1, 0.15) is 0 Å². The second-order valence-electron chi connectivity index (χ2n) is 8.72. The second kappa shape index (κ2) is 7.36. The highest BCUT2D eigenvalue weighted by molar-refractivity contribution is 5.94. The van der Waals surface area contributed by atoms with Gasteiger partial charge in [-0.2, -0.15) is 4.98 Å². The molecule has 6 heteroatoms. The van der Waals surface area contributed by atoms with Gasteiger partial charge in [-0.25, -0.2) is 0 Å². The number of rotatable bonds is 7. The summed E-state index contributed by atoms with van der Waals surface area (Å²) in [5.41, 5.74) is 2.88. The fourth-order valence-corrected chi connectivity index (χ4v) is 4.02. The lowest BCUT2D eigenvalue weighted by Gasteiger charge is -2.12. The average molecular weight is 402 g/mol. The van der Waals surface area contributed by atoms with Gasteiger partial charge in [-0.3, -0.25) is 4.79 Å². The third kappa shape index (κ3) is 3.63. The highest BCUT2D eigenvalue weighted by Gasteiger charge is 2.50. The Balaban J connectivity index is 1.23. The Morgan fingerprint density at radius 2 is 1.87 bits per heavy atom. The van der Waals surface area contributed by atoms with Crippen molar-refractivity contribution < 1.29 is 9.32 Å². The Morgan fingerprint density at radius 3 is 2.53 bits per heavy atom. The normalized spacial score (nSPS) is 21.3. The number of nitrogens with one attached hydrogen (secondary N) is 1. The molecule has 0 spiro atoms. The second-order valence-corrected chi connectivity index (χ2v) is 8.72. The van der Waals surface area contributed by atoms with Crippen LogP contribution < -0.4 is 5.32 Å². The van der Waals surface area contributed by atoms with E-state index in [2.05, 4.69) is 45.8 Å². The lowest BCUT2D eigenvalue weighted by molar-refractivity contribution is 0.0827. The summed E-state index contributed by atoms with van der Waals surface area (Å²) in [4.78, 5) is 18.3. The largest absolute Gasteiger partial charge is 0.345 e. The van der Waals surface area contributed by atoms with Crippen LogP contribution in [-0.4, -0.2) is 47.6 Å². The van der Waals surface area contributed by atoms with Gasteiger partial charge in [0.05, 0.1) is 0 Å². The molecule has 5 rings (SSSR count). The van der Waals surface area contributed by atoms with Crippen LogP contribution in [0, 0.1) is 0 Å². The summed E-state index contributed by atoms with van der Waals surface area (Å²) in [6.07, 6.45) is 3.35. The molecule has 6 nitrogen and oxygen atoms in total. The van der Waals surface area contributed by atoms with E-state index >= 15 is 0 Å². The summed E-state index contributed by atoms with van der Waals surface area (Å²) in [6.45, 7) is 0.885. The molecule has 3 aromatic rings. The molecule has 30 heavy (non-hydrogen) atoms. The van der Waals surface area contributed by atoms with Gasteiger partial charge in [0.25, 0.3) is 11.8 Å². The molecule has 1 aromatic heterocycles. The minimum absolute atomic E-state index is 0.00753. The number of carbonyl (C=O) groups is 1. The minimum Gasteiger partial charge on any atom is -0.345 e. The first-order chi connectivity index (χ1) is 14.6. The maximum absolute atomic E-state index is 12.0. The van der Waals surface area contributed by atoms with E-state index in [4.69, 9.17) is 4.52 Å². The molecule has 0 bridgehead atoms. The zero-order valence-electron chi connectivity index (χ0n) is 17.3. The summed E-state index contributed by atoms with van der Waals surface area (Å²) in [5, 5.41) is 8.01. The zero-order chi connectivity index (χ0) is 20.7. The minimum atomic E-state index is -0.0235. The van der Waals surface area contributed by atoms with Crippen molar-refractivity contribution in [1.82, 2.24) is 20.4 Å². The Kier molecular flexibility index (Phi) is 4.66. The Bertz CT molecular complexity index is 1040. The summed E-state index contributed by atoms with van der Waals surface area (Å²) < 4.78 is 5.55. The monoisotopic (exact) mass is 402 g/mol. The Hall–Kier alpha value is -2.99. The molecular formula is C24H26N4O2. The molecule has 2 atom stereocenters. The van der Waals surface area contributed by atoms with Gasteiger partial charge < -0.3 is 14.7 Å². The third-order valence-corrected chi connectivity index (χ3v) is 6.26. The van der Waals surface area contributed by atoms with Crippen molar-refractivity contribution >= 4 is 5.91 Å². The molecule has 2 aliphatic rings. The lowest BCUT2D eigenvalue weighted by atomic mass is 10.1. The van der Waals surface area contributed by atoms with E-state index in [-0.39, 0.29) is 11.3 Å². The molecule has 2 unspecified atom stereocenters. The van der Waals surface area contributed by atoms with Gasteiger partial charge in [-0.15, -0.1) is 0 Å². The molecule has 0 saturated heterocycles. The summed E-state index contributed by atoms with van der Waals surface area (Å²) in [5.74, 6) is 1.89. The molecule has 2 saturated carbocycles. The van der Waals surface area contributed by atoms with Gasteiger partial charge in [0.2, 0.25) is 0 Å². The number of hydrogen-bond donors (Lipinski definition) is 1. The van der Waals surface area contributed by atoms with Crippen LogP contribution in [0.3, 0.4) is 0 Å². The average Bonchev–Trinajstić information content (AvgIpc) is 3.69. The van der Waals surface area contributed by atoms with Crippen LogP contribution in [0.1, 0.15) is 46.9 Å². The number of hydrogen-bond acceptors (Lipinski definition) is 5. The standard InChI is InChI=1S/C24H26N4O2/c1-28(2)22(29)18-10-8-17(9-11-18)21-26-23(27-30-21)24(12-13-24)15-25-20-14-19(20)16-6-4-3-5-7-16/h3-11,19-20,25H,12-15H2,1-2H3. The van der Waals surface area contributed by atoms with E-state index in [0.29, 0.717) is 23.4 Å². The number of carbonyl (C=O) groups excluding carboxylic acids is 1. The van der Waals surface area contributed by atoms with Crippen LogP contribution in [0.25, 0.3) is 11.5 Å². The van der Waals surface area contributed by atoms with Crippen LogP contribution in [0.15, 0.2) is 59.1 Å². The van der Waals surface area contributed by atoms with Crippen LogP contribution in [0.4, 0.5) is 0 Å². The van der Waals surface area contributed by atoms with Crippen LogP contribution in [0.2, 0.25) is 0 Å². The molecule has 0 radical (unpaired) electrons. The summed E-state index contributed by atoms with van der Waals surface area (Å²) >= 11 is 0. The molecular weight excluding hydrogens is 376 g/mol. The Morgan fingerprint density at radius 1 is 1.13 bits per heavy atom. The molecule has 0 aliphatic heterocycles. The molecule has 2 aliphatic carbocycles. The molecule has 2 fully saturated rings. The predicted molar refractivity (Wildman–Crippen MR) is 114 cm³/mol. The van der Waals surface area contributed by atoms with Crippen LogP contribution in [0.5, 0.6) is 0 Å². The smallest absolute Gasteiger partial charge is 0.257 e. The summed E-state index contributed by atoms with van der Waals surface area (Å²) in [7, 11) is 3.49. The number of benzene rings is 2. The van der Waals surface area contributed by atoms with E-state index in [0.717, 1.165) is 30.8 Å². The van der Waals surface area contributed by atoms with Gasteiger partial charge in [-0.05, 0) is 49.1 Å². The molecule has 154 valence electrons. The van der Waals surface area contributed by atoms with Crippen molar-refractivity contribution in [3.8, 4) is 11.5 Å². The van der Waals surface area contributed by atoms with Crippen molar-refractivity contribution in [2.24, 2.45) is 0 Å². The molecule has 2 aromatic carbocycles. The van der Waals surface area contributed by atoms with Crippen molar-refractivity contribution in [1.29, 1.82) is 0 Å². The van der Waals surface area contributed by atoms with Crippen molar-refractivity contribution in [2.45, 2.75) is 36.6 Å². The number of amides is 1. The fourth-order valence-electron chi connectivity index (χ4n) is 4.02. The van der Waals surface area contributed by atoms with E-state index in [9.17, 15) is 4.79 Å². The molecule has 1 amide bonds. The first-order valence-electron chi connectivity index (χ1n) is 10.5. The molecule has 1 N–H and O–H groups in total. The maximum Gasteiger partial charge on any atom is 0.257 e. The molecule has 1 heterocycles. The van der Waals surface area contributed by atoms with Gasteiger partial charge in [0, 0.05) is 49.1 Å². The van der Waals surface area contributed by atoms with Gasteiger partial charge in [0.15, 0.2) is 5.82 Å². The Labute approximate surface area is 176 Å². The zero-order valence-corrected chi connectivity index (χ0v) is 17.3. The highest BCUT2D eigenvalue weighted by Crippen LogP contribution is 2.48. The third-order valence-electron chi connectivity index (χ3n) is 6.26. The number of aromatic nitrogens is 2. The highest BCUT2D eigenvalue weighted by atomic mass is 16.5. The lowest BCUT2D eigenvalue weighted by Crippen LogP contribution is -2.30. The first-order valence-corrected chi connectivity index (χ1v) is 10.5. The fraction of sp³-hybridized carbons (Fsp3) is 0.375. The predicted octanol–water partition coefficient (Wildman–Crippen LogP) is 3.62. The van der Waals surface area contributed by atoms with Crippen LogP contribution >= 0.6 is 0 Å². The quantitative estimate of drug-likeness (QED) is 0.654. The SMILES string of the molecule is CN(C)C(=O)c1ccc(-c2nc(C3(CNC4CC4c4ccccc4)CC3)no2)cc1. The van der Waals surface area contributed by atoms with Crippen molar-refractivity contribution in [3.63, 3.8) is 0 Å². The number of nitrogens with zero attached hydrogens (tertiary/aromatic N) is 3. The van der Waals surface area contributed by atoms with E-state index < -0.39 is 0 Å². The summed E-state index contributed by atoms with van der Waals surface area (Å²) in [6, 6.07) is 18.6. The van der Waals surface area contributed by atoms with Crippen molar-refractivity contribution in [3.05, 3.63) is 71.5 Å². The van der Waals surface area contributed by atoms with E-state index in [1.165, 1.54) is 12.0 Å². The van der Waals surface area contributed by atoms with Crippen LogP contribution in [-0.2, 0) is 5.41 Å². The maximum atomic E-state index is 12.0. The van der Waals surface area contributed by atoms with E-state index in [1.54, 1.807) is 31.1 Å². The van der Waals surface area contributed by atoms with Crippen molar-refractivity contribution in [2.75, 3.05) is 20.6 Å². The first kappa shape index (κ1) is 19.0. The topological polar surface area (TPSA) is 71.3 Å².